The van der Waals surface area contributed by atoms with Crippen LogP contribution in [0, 0.1) is 11.3 Å². The number of rotatable bonds is 3. The molecular weight excluding hydrogens is 240 g/mol. The Bertz CT molecular complexity index is 486. The number of carbonyl (C=O) groups excluding carboxylic acids is 2. The molecule has 1 aromatic heterocycles. The summed E-state index contributed by atoms with van der Waals surface area (Å²) in [5, 5.41) is 0. The Morgan fingerprint density at radius 3 is 2.58 bits per heavy atom. The van der Waals surface area contributed by atoms with Gasteiger partial charge < -0.3 is 0 Å². The lowest BCUT2D eigenvalue weighted by molar-refractivity contribution is -0.136. The molecule has 0 aliphatic heterocycles. The summed E-state index contributed by atoms with van der Waals surface area (Å²) in [5.41, 5.74) is 0.620. The minimum atomic E-state index is -0.656. The predicted octanol–water partition coefficient (Wildman–Crippen LogP) is 2.23. The van der Waals surface area contributed by atoms with Gasteiger partial charge >= 0.3 is 0 Å². The van der Waals surface area contributed by atoms with Crippen molar-refractivity contribution in [1.82, 2.24) is 4.98 Å². The monoisotopic (exact) mass is 258 g/mol. The van der Waals surface area contributed by atoms with Crippen molar-refractivity contribution in [3.63, 3.8) is 0 Å². The molecule has 0 aromatic carbocycles. The Balaban J connectivity index is 1.99. The quantitative estimate of drug-likeness (QED) is 0.617. The largest absolute Gasteiger partial charge is 0.298 e. The molecule has 0 unspecified atom stereocenters. The third kappa shape index (κ3) is 3.56. The van der Waals surface area contributed by atoms with Crippen LogP contribution in [0.4, 0.5) is 0 Å². The van der Waals surface area contributed by atoms with E-state index in [0.717, 1.165) is 5.69 Å². The van der Waals surface area contributed by atoms with Gasteiger partial charge in [0.05, 0.1) is 12.2 Å². The number of aliphatic imine (C=N–C) groups is 1. The summed E-state index contributed by atoms with van der Waals surface area (Å²) < 4.78 is 0. The van der Waals surface area contributed by atoms with E-state index in [-0.39, 0.29) is 17.0 Å². The molecule has 2 rings (SSSR count). The molecule has 1 heterocycles. The molecule has 0 atom stereocenters. The van der Waals surface area contributed by atoms with E-state index in [1.807, 2.05) is 32.0 Å². The fourth-order valence-electron chi connectivity index (χ4n) is 2.31. The van der Waals surface area contributed by atoms with Crippen LogP contribution in [0.5, 0.6) is 0 Å². The van der Waals surface area contributed by atoms with Gasteiger partial charge in [-0.3, -0.25) is 19.6 Å². The maximum absolute atomic E-state index is 11.9. The van der Waals surface area contributed by atoms with E-state index in [1.165, 1.54) is 6.21 Å². The van der Waals surface area contributed by atoms with Crippen LogP contribution < -0.4 is 0 Å². The first-order valence-corrected chi connectivity index (χ1v) is 6.43. The van der Waals surface area contributed by atoms with Crippen molar-refractivity contribution in [1.29, 1.82) is 0 Å². The van der Waals surface area contributed by atoms with Gasteiger partial charge in [0.15, 0.2) is 0 Å². The van der Waals surface area contributed by atoms with Gasteiger partial charge in [0.1, 0.15) is 17.5 Å². The first kappa shape index (κ1) is 13.6. The third-order valence-corrected chi connectivity index (χ3v) is 3.23. The fraction of sp³-hybridized carbons (Fsp3) is 0.467. The highest BCUT2D eigenvalue weighted by Gasteiger charge is 2.38. The van der Waals surface area contributed by atoms with Crippen LogP contribution in [-0.4, -0.2) is 22.8 Å². The number of Topliss-reactive ketones (excluding diaryl/α,β-unsaturated/α-hetero) is 2. The molecule has 1 fully saturated rings. The number of carbonyl (C=O) groups is 2. The van der Waals surface area contributed by atoms with Gasteiger partial charge in [-0.25, -0.2) is 0 Å². The van der Waals surface area contributed by atoms with Crippen LogP contribution in [0.2, 0.25) is 0 Å². The zero-order valence-electron chi connectivity index (χ0n) is 11.3. The van der Waals surface area contributed by atoms with Crippen molar-refractivity contribution in [2.24, 2.45) is 16.3 Å². The van der Waals surface area contributed by atoms with Crippen molar-refractivity contribution in [2.45, 2.75) is 33.2 Å². The molecule has 4 heteroatoms. The lowest BCUT2D eigenvalue weighted by Crippen LogP contribution is -2.38. The summed E-state index contributed by atoms with van der Waals surface area (Å²) in [7, 11) is 0. The Kier molecular flexibility index (Phi) is 3.88. The van der Waals surface area contributed by atoms with E-state index < -0.39 is 5.92 Å². The second kappa shape index (κ2) is 5.43. The van der Waals surface area contributed by atoms with E-state index in [0.29, 0.717) is 19.4 Å². The van der Waals surface area contributed by atoms with E-state index in [9.17, 15) is 9.59 Å². The summed E-state index contributed by atoms with van der Waals surface area (Å²) in [6.07, 6.45) is 4.08. The lowest BCUT2D eigenvalue weighted by atomic mass is 9.72. The van der Waals surface area contributed by atoms with Gasteiger partial charge in [-0.05, 0) is 17.5 Å². The molecule has 100 valence electrons. The first-order valence-electron chi connectivity index (χ1n) is 6.43. The van der Waals surface area contributed by atoms with Crippen molar-refractivity contribution in [3.05, 3.63) is 30.1 Å². The molecule has 1 aromatic rings. The molecule has 19 heavy (non-hydrogen) atoms. The Morgan fingerprint density at radius 2 is 2.00 bits per heavy atom. The molecule has 1 aliphatic carbocycles. The number of hydrogen-bond acceptors (Lipinski definition) is 4. The minimum absolute atomic E-state index is 0.0222. The van der Waals surface area contributed by atoms with Gasteiger partial charge in [-0.15, -0.1) is 0 Å². The summed E-state index contributed by atoms with van der Waals surface area (Å²) in [6, 6.07) is 5.59. The van der Waals surface area contributed by atoms with Gasteiger partial charge in [0.2, 0.25) is 0 Å². The topological polar surface area (TPSA) is 59.4 Å². The zero-order chi connectivity index (χ0) is 13.9. The molecule has 4 nitrogen and oxygen atoms in total. The van der Waals surface area contributed by atoms with Crippen molar-refractivity contribution < 1.29 is 9.59 Å². The van der Waals surface area contributed by atoms with E-state index in [1.54, 1.807) is 6.20 Å². The van der Waals surface area contributed by atoms with Crippen LogP contribution in [0.25, 0.3) is 0 Å². The number of ketones is 2. The Hall–Kier alpha value is -1.84. The van der Waals surface area contributed by atoms with Gasteiger partial charge in [-0.1, -0.05) is 19.9 Å². The number of nitrogens with zero attached hydrogens (tertiary/aromatic N) is 2. The van der Waals surface area contributed by atoms with Crippen LogP contribution in [0.15, 0.2) is 29.4 Å². The molecule has 1 saturated carbocycles. The van der Waals surface area contributed by atoms with E-state index >= 15 is 0 Å². The van der Waals surface area contributed by atoms with Crippen molar-refractivity contribution in [2.75, 3.05) is 0 Å². The van der Waals surface area contributed by atoms with Crippen molar-refractivity contribution in [3.8, 4) is 0 Å². The highest BCUT2D eigenvalue weighted by Crippen LogP contribution is 2.33. The number of hydrogen-bond donors (Lipinski definition) is 0. The minimum Gasteiger partial charge on any atom is -0.298 e. The summed E-state index contributed by atoms with van der Waals surface area (Å²) in [4.78, 5) is 32.2. The fourth-order valence-corrected chi connectivity index (χ4v) is 2.31. The van der Waals surface area contributed by atoms with E-state index in [4.69, 9.17) is 0 Å². The van der Waals surface area contributed by atoms with E-state index in [2.05, 4.69) is 9.98 Å². The summed E-state index contributed by atoms with van der Waals surface area (Å²) in [6.45, 7) is 4.30. The van der Waals surface area contributed by atoms with Crippen LogP contribution in [0.3, 0.4) is 0 Å². The molecule has 0 bridgehead atoms. The molecule has 0 N–H and O–H groups in total. The maximum Gasteiger partial charge on any atom is 0.149 e. The highest BCUT2D eigenvalue weighted by atomic mass is 16.2. The second-order valence-corrected chi connectivity index (χ2v) is 5.74. The summed E-state index contributed by atoms with van der Waals surface area (Å²) in [5.74, 6) is -0.700. The molecule has 0 amide bonds. The average Bonchev–Trinajstić information content (AvgIpc) is 2.32. The molecule has 1 aliphatic rings. The number of aromatic nitrogens is 1. The van der Waals surface area contributed by atoms with Crippen molar-refractivity contribution >= 4 is 17.8 Å². The molecule has 0 spiro atoms. The first-order chi connectivity index (χ1) is 8.98. The standard InChI is InChI=1S/C15H18N2O2/c1-15(2)7-13(18)12(14(19)8-15)10-16-9-11-5-3-4-6-17-11/h3-6,10,12H,7-9H2,1-2H3. The zero-order valence-corrected chi connectivity index (χ0v) is 11.3. The Labute approximate surface area is 113 Å². The average molecular weight is 258 g/mol. The normalized spacial score (nSPS) is 20.1. The van der Waals surface area contributed by atoms with Crippen LogP contribution >= 0.6 is 0 Å². The summed E-state index contributed by atoms with van der Waals surface area (Å²) >= 11 is 0. The molecule has 0 radical (unpaired) electrons. The maximum atomic E-state index is 11.9. The Morgan fingerprint density at radius 1 is 1.32 bits per heavy atom. The predicted molar refractivity (Wildman–Crippen MR) is 73.0 cm³/mol. The highest BCUT2D eigenvalue weighted by molar-refractivity contribution is 6.16. The second-order valence-electron chi connectivity index (χ2n) is 5.74. The SMILES string of the molecule is CC1(C)CC(=O)C(C=NCc2ccccn2)C(=O)C1. The lowest BCUT2D eigenvalue weighted by Gasteiger charge is -2.30. The van der Waals surface area contributed by atoms with Gasteiger partial charge in [-0.2, -0.15) is 0 Å². The van der Waals surface area contributed by atoms with Crippen LogP contribution in [-0.2, 0) is 16.1 Å². The van der Waals surface area contributed by atoms with Gasteiger partial charge in [0, 0.05) is 25.3 Å². The molecular formula is C15H18N2O2. The van der Waals surface area contributed by atoms with Gasteiger partial charge in [0.25, 0.3) is 0 Å². The van der Waals surface area contributed by atoms with Crippen LogP contribution in [0.1, 0.15) is 32.4 Å². The molecule has 0 saturated heterocycles. The third-order valence-electron chi connectivity index (χ3n) is 3.23. The number of pyridine rings is 1. The smallest absolute Gasteiger partial charge is 0.149 e.